The van der Waals surface area contributed by atoms with Crippen LogP contribution in [0.1, 0.15) is 12.5 Å². The van der Waals surface area contributed by atoms with Gasteiger partial charge >= 0.3 is 5.69 Å². The van der Waals surface area contributed by atoms with E-state index in [4.69, 9.17) is 10.5 Å². The summed E-state index contributed by atoms with van der Waals surface area (Å²) < 4.78 is 7.87. The number of nitrogens with two attached hydrogens (primary N) is 1. The van der Waals surface area contributed by atoms with Gasteiger partial charge in [-0.1, -0.05) is 0 Å². The topological polar surface area (TPSA) is 79.2 Å². The van der Waals surface area contributed by atoms with Gasteiger partial charge in [0.1, 0.15) is 5.75 Å². The maximum atomic E-state index is 12.2. The first kappa shape index (κ1) is 13.9. The van der Waals surface area contributed by atoms with Crippen molar-refractivity contribution in [2.24, 2.45) is 0 Å². The van der Waals surface area contributed by atoms with Gasteiger partial charge < -0.3 is 15.0 Å². The molecule has 1 aromatic carbocycles. The van der Waals surface area contributed by atoms with Crippen LogP contribution >= 0.6 is 0 Å². The zero-order chi connectivity index (χ0) is 14.7. The van der Waals surface area contributed by atoms with Crippen LogP contribution in [0.15, 0.2) is 40.1 Å². The van der Waals surface area contributed by atoms with Crippen molar-refractivity contribution < 1.29 is 4.74 Å². The highest BCUT2D eigenvalue weighted by molar-refractivity contribution is 5.47. The van der Waals surface area contributed by atoms with E-state index in [1.54, 1.807) is 18.2 Å². The predicted octanol–water partition coefficient (Wildman–Crippen LogP) is 0.669. The van der Waals surface area contributed by atoms with E-state index in [0.717, 1.165) is 0 Å². The van der Waals surface area contributed by atoms with Gasteiger partial charge in [-0.25, -0.2) is 4.79 Å². The number of methoxy groups -OCH3 is 1. The number of hydrogen-bond donors (Lipinski definition) is 1. The summed E-state index contributed by atoms with van der Waals surface area (Å²) in [4.78, 5) is 24.0. The third-order valence-corrected chi connectivity index (χ3v) is 3.11. The van der Waals surface area contributed by atoms with Crippen molar-refractivity contribution in [3.63, 3.8) is 0 Å². The van der Waals surface area contributed by atoms with E-state index in [2.05, 4.69) is 0 Å². The lowest BCUT2D eigenvalue weighted by atomic mass is 10.1. The second kappa shape index (κ2) is 5.64. The van der Waals surface area contributed by atoms with Crippen LogP contribution in [-0.4, -0.2) is 16.2 Å². The molecule has 1 aromatic heterocycles. The molecule has 6 nitrogen and oxygen atoms in total. The van der Waals surface area contributed by atoms with E-state index < -0.39 is 0 Å². The Hall–Kier alpha value is -2.50. The van der Waals surface area contributed by atoms with Crippen LogP contribution in [0.5, 0.6) is 5.75 Å². The quantitative estimate of drug-likeness (QED) is 0.832. The molecule has 0 fully saturated rings. The molecule has 106 valence electrons. The number of nitrogen functional groups attached to an aromatic ring is 1. The van der Waals surface area contributed by atoms with E-state index in [1.807, 2.05) is 6.92 Å². The van der Waals surface area contributed by atoms with Crippen molar-refractivity contribution in [1.29, 1.82) is 0 Å². The van der Waals surface area contributed by atoms with Crippen LogP contribution in [0.25, 0.3) is 0 Å². The van der Waals surface area contributed by atoms with Crippen molar-refractivity contribution in [3.8, 4) is 5.75 Å². The molecule has 0 radical (unpaired) electrons. The van der Waals surface area contributed by atoms with Gasteiger partial charge in [0.2, 0.25) is 0 Å². The first-order chi connectivity index (χ1) is 9.56. The summed E-state index contributed by atoms with van der Waals surface area (Å²) in [6.07, 6.45) is 1.50. The smallest absolute Gasteiger partial charge is 0.331 e. The van der Waals surface area contributed by atoms with Crippen molar-refractivity contribution in [2.45, 2.75) is 20.0 Å². The number of nitrogens with zero attached hydrogens (tertiary/aromatic N) is 2. The van der Waals surface area contributed by atoms with Gasteiger partial charge in [-0.3, -0.25) is 9.36 Å². The first-order valence-electron chi connectivity index (χ1n) is 6.29. The lowest BCUT2D eigenvalue weighted by Gasteiger charge is -2.12. The molecule has 0 bridgehead atoms. The number of benzene rings is 1. The van der Waals surface area contributed by atoms with Crippen LogP contribution in [0, 0.1) is 0 Å². The fourth-order valence-corrected chi connectivity index (χ4v) is 2.04. The van der Waals surface area contributed by atoms with Gasteiger partial charge in [0.25, 0.3) is 5.56 Å². The summed E-state index contributed by atoms with van der Waals surface area (Å²) in [5.41, 5.74) is 6.31. The molecule has 0 amide bonds. The summed E-state index contributed by atoms with van der Waals surface area (Å²) in [5, 5.41) is 0. The highest BCUT2D eigenvalue weighted by Gasteiger charge is 2.09. The molecule has 0 saturated carbocycles. The molecule has 0 unspecified atom stereocenters. The minimum absolute atomic E-state index is 0.132. The van der Waals surface area contributed by atoms with Crippen LogP contribution in [0.4, 0.5) is 5.69 Å². The van der Waals surface area contributed by atoms with Crippen molar-refractivity contribution in [2.75, 3.05) is 12.8 Å². The monoisotopic (exact) mass is 275 g/mol. The lowest BCUT2D eigenvalue weighted by Crippen LogP contribution is -2.39. The van der Waals surface area contributed by atoms with Crippen LogP contribution in [0.3, 0.4) is 0 Å². The molecule has 0 aliphatic heterocycles. The highest BCUT2D eigenvalue weighted by Crippen LogP contribution is 2.21. The average molecular weight is 275 g/mol. The maximum absolute atomic E-state index is 12.2. The number of aryl methyl sites for hydroxylation is 1. The van der Waals surface area contributed by atoms with E-state index >= 15 is 0 Å². The zero-order valence-corrected chi connectivity index (χ0v) is 11.5. The summed E-state index contributed by atoms with van der Waals surface area (Å²) in [7, 11) is 1.53. The third kappa shape index (κ3) is 2.59. The Labute approximate surface area is 116 Å². The molecule has 0 aliphatic rings. The van der Waals surface area contributed by atoms with Crippen LogP contribution in [-0.2, 0) is 13.1 Å². The Kier molecular flexibility index (Phi) is 3.93. The Bertz CT molecular complexity index is 731. The number of aromatic nitrogens is 2. The number of ether oxygens (including phenoxy) is 1. The van der Waals surface area contributed by atoms with E-state index in [1.165, 1.54) is 28.5 Å². The van der Waals surface area contributed by atoms with Gasteiger partial charge in [-0.05, 0) is 25.1 Å². The average Bonchev–Trinajstić information content (AvgIpc) is 2.44. The fourth-order valence-electron chi connectivity index (χ4n) is 2.04. The second-order valence-corrected chi connectivity index (χ2v) is 4.38. The molecule has 2 N–H and O–H groups in total. The van der Waals surface area contributed by atoms with Crippen LogP contribution in [0.2, 0.25) is 0 Å². The fraction of sp³-hybridized carbons (Fsp3) is 0.286. The Morgan fingerprint density at radius 3 is 2.65 bits per heavy atom. The van der Waals surface area contributed by atoms with E-state index in [9.17, 15) is 9.59 Å². The second-order valence-electron chi connectivity index (χ2n) is 4.38. The standard InChI is InChI=1S/C14H17N3O3/c1-3-16-7-6-13(18)17(14(16)19)9-10-8-11(15)4-5-12(10)20-2/h4-8H,3,9,15H2,1-2H3. The molecule has 2 rings (SSSR count). The van der Waals surface area contributed by atoms with Gasteiger partial charge in [0.15, 0.2) is 0 Å². The first-order valence-corrected chi connectivity index (χ1v) is 6.29. The van der Waals surface area contributed by atoms with Crippen molar-refractivity contribution in [3.05, 3.63) is 56.9 Å². The Morgan fingerprint density at radius 2 is 2.00 bits per heavy atom. The molecule has 0 atom stereocenters. The Balaban J connectivity index is 2.53. The molecule has 20 heavy (non-hydrogen) atoms. The minimum atomic E-state index is -0.343. The largest absolute Gasteiger partial charge is 0.496 e. The van der Waals surface area contributed by atoms with Gasteiger partial charge in [0, 0.05) is 30.1 Å². The van der Waals surface area contributed by atoms with E-state index in [0.29, 0.717) is 23.5 Å². The number of rotatable bonds is 4. The molecule has 6 heteroatoms. The summed E-state index contributed by atoms with van der Waals surface area (Å²) in [6.45, 7) is 2.48. The molecular formula is C14H17N3O3. The zero-order valence-electron chi connectivity index (χ0n) is 11.5. The molecular weight excluding hydrogens is 258 g/mol. The third-order valence-electron chi connectivity index (χ3n) is 3.11. The van der Waals surface area contributed by atoms with Crippen molar-refractivity contribution >= 4 is 5.69 Å². The van der Waals surface area contributed by atoms with E-state index in [-0.39, 0.29) is 17.8 Å². The van der Waals surface area contributed by atoms with Gasteiger partial charge in [-0.15, -0.1) is 0 Å². The summed E-state index contributed by atoms with van der Waals surface area (Å²) in [6, 6.07) is 6.51. The molecule has 0 aliphatic carbocycles. The number of hydrogen-bond acceptors (Lipinski definition) is 4. The molecule has 0 saturated heterocycles. The summed E-state index contributed by atoms with van der Waals surface area (Å²) in [5.74, 6) is 0.595. The van der Waals surface area contributed by atoms with Gasteiger partial charge in [-0.2, -0.15) is 0 Å². The minimum Gasteiger partial charge on any atom is -0.496 e. The molecule has 0 spiro atoms. The number of anilines is 1. The predicted molar refractivity (Wildman–Crippen MR) is 77.1 cm³/mol. The Morgan fingerprint density at radius 1 is 1.25 bits per heavy atom. The molecule has 2 aromatic rings. The van der Waals surface area contributed by atoms with Crippen molar-refractivity contribution in [1.82, 2.24) is 9.13 Å². The maximum Gasteiger partial charge on any atom is 0.331 e. The normalized spacial score (nSPS) is 10.5. The highest BCUT2D eigenvalue weighted by atomic mass is 16.5. The van der Waals surface area contributed by atoms with Crippen LogP contribution < -0.4 is 21.7 Å². The van der Waals surface area contributed by atoms with Gasteiger partial charge in [0.05, 0.1) is 13.7 Å². The lowest BCUT2D eigenvalue weighted by molar-refractivity contribution is 0.407. The SMILES string of the molecule is CCn1ccc(=O)n(Cc2cc(N)ccc2OC)c1=O. The summed E-state index contributed by atoms with van der Waals surface area (Å²) >= 11 is 0. The molecule has 1 heterocycles.